The van der Waals surface area contributed by atoms with Crippen LogP contribution in [0.1, 0.15) is 83.5 Å². The molecule has 4 saturated carbocycles. The SMILES string of the molecule is O=C(O)C1C(Cl)CCC(Cl)C1CONC1CCC(OCCCOC2CCC(NC(=O)C3C(Cl)CCC(Cl)C3C(=O)O)CC2)CC1. The van der Waals surface area contributed by atoms with Gasteiger partial charge in [-0.2, -0.15) is 5.48 Å². The number of hydrogen-bond donors (Lipinski definition) is 4. The van der Waals surface area contributed by atoms with Crippen molar-refractivity contribution in [3.05, 3.63) is 0 Å². The number of carbonyl (C=O) groups excluding carboxylic acids is 1. The van der Waals surface area contributed by atoms with Gasteiger partial charge >= 0.3 is 11.9 Å². The van der Waals surface area contributed by atoms with Gasteiger partial charge < -0.3 is 29.8 Å². The van der Waals surface area contributed by atoms with Crippen molar-refractivity contribution in [3.8, 4) is 0 Å². The largest absolute Gasteiger partial charge is 0.481 e. The van der Waals surface area contributed by atoms with Crippen LogP contribution in [-0.4, -0.2) is 93.7 Å². The third-order valence-corrected chi connectivity index (χ3v) is 12.0. The standard InChI is InChI=1S/C31H48Cl4N2O8/c32-22-10-11-23(33)26(30(39)40)21(22)16-45-37-18-4-8-20(9-5-18)44-15-1-14-43-19-6-2-17(3-7-19)36-29(38)27-24(34)12-13-25(35)28(27)31(41)42/h17-28,37H,1-16H2,(H,36,38)(H,39,40)(H,41,42). The normalized spacial score (nSPS) is 39.2. The fourth-order valence-electron chi connectivity index (χ4n) is 7.35. The lowest BCUT2D eigenvalue weighted by atomic mass is 9.77. The number of hydroxylamine groups is 1. The second-order valence-electron chi connectivity index (χ2n) is 13.1. The zero-order valence-corrected chi connectivity index (χ0v) is 28.6. The minimum atomic E-state index is -1.07. The predicted molar refractivity (Wildman–Crippen MR) is 172 cm³/mol. The molecule has 0 saturated heterocycles. The van der Waals surface area contributed by atoms with Crippen molar-refractivity contribution in [1.82, 2.24) is 10.8 Å². The van der Waals surface area contributed by atoms with Crippen LogP contribution in [0.25, 0.3) is 0 Å². The van der Waals surface area contributed by atoms with Gasteiger partial charge in [-0.25, -0.2) is 0 Å². The van der Waals surface area contributed by atoms with E-state index in [0.717, 1.165) is 57.8 Å². The molecule has 10 nitrogen and oxygen atoms in total. The molecule has 4 aliphatic rings. The number of nitrogens with one attached hydrogen (secondary N) is 2. The van der Waals surface area contributed by atoms with Gasteiger partial charge in [-0.3, -0.25) is 14.4 Å². The zero-order chi connectivity index (χ0) is 32.5. The van der Waals surface area contributed by atoms with Crippen molar-refractivity contribution in [1.29, 1.82) is 0 Å². The van der Waals surface area contributed by atoms with E-state index in [1.165, 1.54) is 0 Å². The molecule has 4 fully saturated rings. The number of carbonyl (C=O) groups is 3. The summed E-state index contributed by atoms with van der Waals surface area (Å²) in [4.78, 5) is 42.1. The third-order valence-electron chi connectivity index (χ3n) is 10.0. The maximum Gasteiger partial charge on any atom is 0.308 e. The van der Waals surface area contributed by atoms with E-state index in [4.69, 9.17) is 60.7 Å². The highest BCUT2D eigenvalue weighted by Crippen LogP contribution is 2.39. The first kappa shape index (κ1) is 37.2. The van der Waals surface area contributed by atoms with Gasteiger partial charge in [-0.05, 0) is 83.5 Å². The number of rotatable bonds is 14. The van der Waals surface area contributed by atoms with Crippen molar-refractivity contribution in [2.24, 2.45) is 23.7 Å². The number of hydrogen-bond acceptors (Lipinski definition) is 7. The Hall–Kier alpha value is -0.590. The summed E-state index contributed by atoms with van der Waals surface area (Å²) >= 11 is 25.3. The first-order valence-electron chi connectivity index (χ1n) is 16.5. The Morgan fingerprint density at radius 2 is 1.07 bits per heavy atom. The highest BCUT2D eigenvalue weighted by Gasteiger charge is 2.47. The molecule has 4 N–H and O–H groups in total. The number of carboxylic acids is 2. The van der Waals surface area contributed by atoms with Gasteiger partial charge in [0.05, 0.1) is 36.6 Å². The fraction of sp³-hybridized carbons (Fsp3) is 0.903. The first-order chi connectivity index (χ1) is 21.5. The van der Waals surface area contributed by atoms with Crippen LogP contribution in [0.15, 0.2) is 0 Å². The van der Waals surface area contributed by atoms with Gasteiger partial charge in [0.25, 0.3) is 0 Å². The molecule has 4 rings (SSSR count). The van der Waals surface area contributed by atoms with E-state index < -0.39 is 45.8 Å². The van der Waals surface area contributed by atoms with Crippen molar-refractivity contribution in [3.63, 3.8) is 0 Å². The lowest BCUT2D eigenvalue weighted by molar-refractivity contribution is -0.148. The molecule has 0 aromatic heterocycles. The number of aliphatic carboxylic acids is 2. The average molecular weight is 719 g/mol. The molecule has 0 bridgehead atoms. The summed E-state index contributed by atoms with van der Waals surface area (Å²) in [5.74, 6) is -5.14. The lowest BCUT2D eigenvalue weighted by Gasteiger charge is -2.36. The van der Waals surface area contributed by atoms with Gasteiger partial charge in [0.15, 0.2) is 0 Å². The summed E-state index contributed by atoms with van der Waals surface area (Å²) in [5.41, 5.74) is 3.11. The van der Waals surface area contributed by atoms with Crippen LogP contribution in [0, 0.1) is 23.7 Å². The maximum atomic E-state index is 13.0. The predicted octanol–water partition coefficient (Wildman–Crippen LogP) is 5.32. The van der Waals surface area contributed by atoms with Gasteiger partial charge in [0.2, 0.25) is 5.91 Å². The van der Waals surface area contributed by atoms with E-state index in [-0.39, 0.29) is 48.1 Å². The highest BCUT2D eigenvalue weighted by atomic mass is 35.5. The smallest absolute Gasteiger partial charge is 0.308 e. The molecular formula is C31H48Cl4N2O8. The van der Waals surface area contributed by atoms with Gasteiger partial charge in [0, 0.05) is 52.7 Å². The second kappa shape index (κ2) is 18.2. The molecule has 0 spiro atoms. The molecule has 0 heterocycles. The Kier molecular flexibility index (Phi) is 15.1. The van der Waals surface area contributed by atoms with Crippen LogP contribution in [0.2, 0.25) is 0 Å². The number of halogens is 4. The second-order valence-corrected chi connectivity index (χ2v) is 15.4. The van der Waals surface area contributed by atoms with E-state index in [0.29, 0.717) is 38.9 Å². The molecule has 45 heavy (non-hydrogen) atoms. The number of ether oxygens (including phenoxy) is 2. The van der Waals surface area contributed by atoms with Crippen molar-refractivity contribution in [2.45, 2.75) is 129 Å². The van der Waals surface area contributed by atoms with E-state index in [2.05, 4.69) is 10.8 Å². The molecule has 0 aromatic rings. The van der Waals surface area contributed by atoms with Gasteiger partial charge in [0.1, 0.15) is 0 Å². The Morgan fingerprint density at radius 3 is 1.60 bits per heavy atom. The average Bonchev–Trinajstić information content (AvgIpc) is 3.00. The zero-order valence-electron chi connectivity index (χ0n) is 25.6. The van der Waals surface area contributed by atoms with Crippen LogP contribution in [-0.2, 0) is 28.7 Å². The number of amides is 1. The summed E-state index contributed by atoms with van der Waals surface area (Å²) < 4.78 is 12.2. The molecule has 14 heteroatoms. The summed E-state index contributed by atoms with van der Waals surface area (Å²) in [5, 5.41) is 20.4. The molecular weight excluding hydrogens is 670 g/mol. The third kappa shape index (κ3) is 10.7. The minimum Gasteiger partial charge on any atom is -0.481 e. The number of carboxylic acid groups (broad SMARTS) is 2. The van der Waals surface area contributed by atoms with Crippen molar-refractivity contribution in [2.75, 3.05) is 19.8 Å². The summed E-state index contributed by atoms with van der Waals surface area (Å²) in [6.07, 6.45) is 10.3. The Bertz CT molecular complexity index is 966. The van der Waals surface area contributed by atoms with E-state index in [1.54, 1.807) is 0 Å². The van der Waals surface area contributed by atoms with E-state index in [1.807, 2.05) is 0 Å². The Labute approximate surface area is 285 Å². The molecule has 8 unspecified atom stereocenters. The van der Waals surface area contributed by atoms with Crippen LogP contribution in [0.5, 0.6) is 0 Å². The van der Waals surface area contributed by atoms with Crippen LogP contribution in [0.3, 0.4) is 0 Å². The van der Waals surface area contributed by atoms with Crippen LogP contribution in [0.4, 0.5) is 0 Å². The molecule has 0 aliphatic heterocycles. The van der Waals surface area contributed by atoms with E-state index >= 15 is 0 Å². The molecule has 4 aliphatic carbocycles. The summed E-state index contributed by atoms with van der Waals surface area (Å²) in [6.45, 7) is 1.47. The number of alkyl halides is 4. The Balaban J connectivity index is 1.03. The minimum absolute atomic E-state index is 0.0196. The molecule has 0 radical (unpaired) electrons. The van der Waals surface area contributed by atoms with Crippen LogP contribution < -0.4 is 10.8 Å². The first-order valence-corrected chi connectivity index (χ1v) is 18.2. The van der Waals surface area contributed by atoms with Gasteiger partial charge in [-0.15, -0.1) is 46.4 Å². The molecule has 8 atom stereocenters. The van der Waals surface area contributed by atoms with Crippen molar-refractivity contribution >= 4 is 64.2 Å². The topological polar surface area (TPSA) is 143 Å². The lowest BCUT2D eigenvalue weighted by Crippen LogP contribution is -2.51. The van der Waals surface area contributed by atoms with E-state index in [9.17, 15) is 24.6 Å². The summed E-state index contributed by atoms with van der Waals surface area (Å²) in [6, 6.07) is 0.171. The molecule has 1 amide bonds. The van der Waals surface area contributed by atoms with Gasteiger partial charge in [-0.1, -0.05) is 0 Å². The molecule has 0 aromatic carbocycles. The Morgan fingerprint density at radius 1 is 0.600 bits per heavy atom. The van der Waals surface area contributed by atoms with Crippen LogP contribution >= 0.6 is 46.4 Å². The molecule has 258 valence electrons. The summed E-state index contributed by atoms with van der Waals surface area (Å²) in [7, 11) is 0. The maximum absolute atomic E-state index is 13.0. The van der Waals surface area contributed by atoms with Crippen molar-refractivity contribution < 1.29 is 38.9 Å². The monoisotopic (exact) mass is 716 g/mol. The highest BCUT2D eigenvalue weighted by molar-refractivity contribution is 6.25. The quantitative estimate of drug-likeness (QED) is 0.107. The fourth-order valence-corrected chi connectivity index (χ4v) is 8.92.